The number of carbonyl (C=O) groups is 1. The van der Waals surface area contributed by atoms with Gasteiger partial charge in [0, 0.05) is 35.6 Å². The molecule has 30 heavy (non-hydrogen) atoms. The number of alkyl halides is 3. The maximum Gasteiger partial charge on any atom is 0.490 e. The number of fused-ring (bicyclic) bond motifs is 1. The second-order valence-corrected chi connectivity index (χ2v) is 6.85. The van der Waals surface area contributed by atoms with Crippen molar-refractivity contribution in [1.82, 2.24) is 20.5 Å². The highest BCUT2D eigenvalue weighted by Gasteiger charge is 2.38. The molecule has 0 bridgehead atoms. The second kappa shape index (κ2) is 9.53. The van der Waals surface area contributed by atoms with E-state index in [1.54, 1.807) is 0 Å². The van der Waals surface area contributed by atoms with Gasteiger partial charge in [0.2, 0.25) is 0 Å². The number of nitrogens with one attached hydrogen (secondary N) is 2. The van der Waals surface area contributed by atoms with Gasteiger partial charge < -0.3 is 10.4 Å². The number of carboxylic acid groups (broad SMARTS) is 1. The Labute approximate surface area is 171 Å². The highest BCUT2D eigenvalue weighted by atomic mass is 19.4. The zero-order valence-corrected chi connectivity index (χ0v) is 16.0. The molecule has 0 aliphatic heterocycles. The number of halogens is 3. The molecule has 0 saturated carbocycles. The van der Waals surface area contributed by atoms with Crippen LogP contribution in [0.15, 0.2) is 54.9 Å². The number of carboxylic acids is 1. The minimum atomic E-state index is -5.08. The second-order valence-electron chi connectivity index (χ2n) is 6.85. The van der Waals surface area contributed by atoms with E-state index in [0.29, 0.717) is 6.04 Å². The fraction of sp³-hybridized carbons (Fsp3) is 0.286. The first-order chi connectivity index (χ1) is 14.3. The van der Waals surface area contributed by atoms with Crippen molar-refractivity contribution in [3.63, 3.8) is 0 Å². The first-order valence-corrected chi connectivity index (χ1v) is 9.40. The summed E-state index contributed by atoms with van der Waals surface area (Å²) in [4.78, 5) is 13.3. The van der Waals surface area contributed by atoms with Crippen molar-refractivity contribution in [2.45, 2.75) is 38.0 Å². The highest BCUT2D eigenvalue weighted by molar-refractivity contribution is 5.73. The first kappa shape index (κ1) is 21.5. The first-order valence-electron chi connectivity index (χ1n) is 9.40. The predicted molar refractivity (Wildman–Crippen MR) is 104 cm³/mol. The van der Waals surface area contributed by atoms with E-state index < -0.39 is 12.1 Å². The third kappa shape index (κ3) is 5.66. The molecular formula is C21H21F3N4O2. The zero-order valence-electron chi connectivity index (χ0n) is 16.0. The molecule has 0 spiro atoms. The van der Waals surface area contributed by atoms with Crippen LogP contribution in [-0.4, -0.2) is 32.4 Å². The molecule has 2 aromatic heterocycles. The number of rotatable bonds is 4. The molecule has 1 unspecified atom stereocenters. The summed E-state index contributed by atoms with van der Waals surface area (Å²) in [6.45, 7) is 0.857. The number of H-pyrrole nitrogens is 1. The molecule has 6 nitrogen and oxygen atoms in total. The Hall–Kier alpha value is -3.20. The lowest BCUT2D eigenvalue weighted by molar-refractivity contribution is -0.192. The van der Waals surface area contributed by atoms with Crippen LogP contribution in [0.25, 0.3) is 11.3 Å². The van der Waals surface area contributed by atoms with Crippen LogP contribution in [0.5, 0.6) is 0 Å². The molecule has 0 fully saturated rings. The largest absolute Gasteiger partial charge is 0.490 e. The van der Waals surface area contributed by atoms with Gasteiger partial charge in [-0.25, -0.2) is 4.79 Å². The van der Waals surface area contributed by atoms with Crippen LogP contribution in [0.3, 0.4) is 0 Å². The number of hydrogen-bond acceptors (Lipinski definition) is 4. The van der Waals surface area contributed by atoms with Crippen molar-refractivity contribution in [2.75, 3.05) is 0 Å². The maximum absolute atomic E-state index is 10.6. The number of nitrogens with zero attached hydrogens (tertiary/aromatic N) is 2. The Bertz CT molecular complexity index is 974. The van der Waals surface area contributed by atoms with E-state index in [0.717, 1.165) is 24.2 Å². The normalized spacial score (nSPS) is 15.6. The maximum atomic E-state index is 10.6. The molecule has 0 amide bonds. The van der Waals surface area contributed by atoms with Crippen molar-refractivity contribution in [1.29, 1.82) is 0 Å². The molecule has 158 valence electrons. The van der Waals surface area contributed by atoms with Crippen LogP contribution in [-0.2, 0) is 17.8 Å². The van der Waals surface area contributed by atoms with Crippen molar-refractivity contribution >= 4 is 5.97 Å². The number of pyridine rings is 1. The summed E-state index contributed by atoms with van der Waals surface area (Å²) in [7, 11) is 0. The monoisotopic (exact) mass is 418 g/mol. The molecule has 0 saturated heterocycles. The van der Waals surface area contributed by atoms with E-state index >= 15 is 0 Å². The molecule has 1 aliphatic rings. The summed E-state index contributed by atoms with van der Waals surface area (Å²) in [6.07, 6.45) is 2.22. The summed E-state index contributed by atoms with van der Waals surface area (Å²) in [5, 5.41) is 18.1. The average molecular weight is 418 g/mol. The molecule has 3 aromatic rings. The summed E-state index contributed by atoms with van der Waals surface area (Å²) in [5.41, 5.74) is 6.08. The Morgan fingerprint density at radius 1 is 1.23 bits per heavy atom. The number of benzene rings is 1. The van der Waals surface area contributed by atoms with Gasteiger partial charge in [-0.05, 0) is 43.0 Å². The lowest BCUT2D eigenvalue weighted by Crippen LogP contribution is -2.24. The smallest absolute Gasteiger partial charge is 0.475 e. The lowest BCUT2D eigenvalue weighted by atomic mass is 9.93. The van der Waals surface area contributed by atoms with Crippen LogP contribution in [0.2, 0.25) is 0 Å². The van der Waals surface area contributed by atoms with Gasteiger partial charge in [-0.1, -0.05) is 24.3 Å². The van der Waals surface area contributed by atoms with Crippen molar-refractivity contribution in [3.8, 4) is 11.3 Å². The molecule has 1 aliphatic carbocycles. The Morgan fingerprint density at radius 3 is 2.73 bits per heavy atom. The third-order valence-corrected chi connectivity index (χ3v) is 4.73. The van der Waals surface area contributed by atoms with E-state index in [1.807, 2.05) is 30.6 Å². The fourth-order valence-electron chi connectivity index (χ4n) is 3.29. The lowest BCUT2D eigenvalue weighted by Gasteiger charge is -2.23. The van der Waals surface area contributed by atoms with Gasteiger partial charge in [-0.3, -0.25) is 10.1 Å². The average Bonchev–Trinajstić information content (AvgIpc) is 3.22. The van der Waals surface area contributed by atoms with Crippen LogP contribution in [0.1, 0.15) is 35.7 Å². The number of aromatic nitrogens is 3. The minimum absolute atomic E-state index is 0.399. The molecular weight excluding hydrogens is 397 g/mol. The Morgan fingerprint density at radius 2 is 2.03 bits per heavy atom. The van der Waals surface area contributed by atoms with Gasteiger partial charge in [0.25, 0.3) is 0 Å². The van der Waals surface area contributed by atoms with Gasteiger partial charge in [0.1, 0.15) is 0 Å². The van der Waals surface area contributed by atoms with Crippen molar-refractivity contribution in [2.24, 2.45) is 0 Å². The predicted octanol–water partition coefficient (Wildman–Crippen LogP) is 4.27. The van der Waals surface area contributed by atoms with Gasteiger partial charge in [0.15, 0.2) is 0 Å². The van der Waals surface area contributed by atoms with Gasteiger partial charge in [0.05, 0.1) is 11.9 Å². The molecule has 9 heteroatoms. The number of aliphatic carboxylic acids is 1. The summed E-state index contributed by atoms with van der Waals surface area (Å²) in [5.74, 6) is -2.76. The molecule has 1 atom stereocenters. The number of aromatic amines is 1. The van der Waals surface area contributed by atoms with Gasteiger partial charge >= 0.3 is 12.1 Å². The summed E-state index contributed by atoms with van der Waals surface area (Å²) >= 11 is 0. The molecule has 2 heterocycles. The fourth-order valence-corrected chi connectivity index (χ4v) is 3.29. The third-order valence-electron chi connectivity index (χ3n) is 4.73. The van der Waals surface area contributed by atoms with E-state index in [4.69, 9.17) is 9.90 Å². The van der Waals surface area contributed by atoms with E-state index in [1.165, 1.54) is 29.7 Å². The number of aryl methyl sites for hydroxylation is 1. The molecule has 3 N–H and O–H groups in total. The van der Waals surface area contributed by atoms with Crippen LogP contribution < -0.4 is 5.32 Å². The van der Waals surface area contributed by atoms with Gasteiger partial charge in [-0.2, -0.15) is 18.3 Å². The standard InChI is InChI=1S/C19H20N4.C2HF3O2/c1-2-10-20-17(7-1)15-6-3-5-14(11-15)12-21-18-8-4-9-19-16(18)13-22-23-19;3-2(4,5)1(6)7/h1-3,5-7,10-11,13,18,21H,4,8-9,12H2,(H,22,23);(H,6,7). The molecule has 0 radical (unpaired) electrons. The summed E-state index contributed by atoms with van der Waals surface area (Å²) < 4.78 is 31.7. The SMILES string of the molecule is O=C(O)C(F)(F)F.c1ccc(-c2cccc(CNC3CCCc4[nH]ncc43)c2)nc1. The zero-order chi connectivity index (χ0) is 21.6. The number of hydrogen-bond donors (Lipinski definition) is 3. The van der Waals surface area contributed by atoms with Crippen LogP contribution in [0.4, 0.5) is 13.2 Å². The van der Waals surface area contributed by atoms with E-state index in [2.05, 4.69) is 44.8 Å². The van der Waals surface area contributed by atoms with Crippen molar-refractivity contribution < 1.29 is 23.1 Å². The quantitative estimate of drug-likeness (QED) is 0.589. The van der Waals surface area contributed by atoms with Crippen molar-refractivity contribution in [3.05, 3.63) is 71.7 Å². The molecule has 4 rings (SSSR count). The van der Waals surface area contributed by atoms with Crippen LogP contribution in [0, 0.1) is 0 Å². The topological polar surface area (TPSA) is 90.9 Å². The summed E-state index contributed by atoms with van der Waals surface area (Å²) in [6, 6.07) is 15.0. The van der Waals surface area contributed by atoms with E-state index in [-0.39, 0.29) is 0 Å². The Balaban J connectivity index is 0.000000318. The van der Waals surface area contributed by atoms with E-state index in [9.17, 15) is 13.2 Å². The van der Waals surface area contributed by atoms with Gasteiger partial charge in [-0.15, -0.1) is 0 Å². The molecule has 1 aromatic carbocycles. The minimum Gasteiger partial charge on any atom is -0.475 e. The highest BCUT2D eigenvalue weighted by Crippen LogP contribution is 2.28. The Kier molecular flexibility index (Phi) is 6.83. The van der Waals surface area contributed by atoms with Crippen LogP contribution >= 0.6 is 0 Å².